The number of carbonyl (C=O) groups excluding carboxylic acids is 1. The molecule has 2 aromatic carbocycles. The summed E-state index contributed by atoms with van der Waals surface area (Å²) in [5, 5.41) is 0. The minimum absolute atomic E-state index is 0.421. The first-order valence-electron chi connectivity index (χ1n) is 7.69. The van der Waals surface area contributed by atoms with Crippen LogP contribution in [0.4, 0.5) is 0 Å². The maximum atomic E-state index is 11.0. The molecule has 0 heterocycles. The molecular formula is C19H23IO4. The highest BCUT2D eigenvalue weighted by molar-refractivity contribution is 14.1. The highest BCUT2D eigenvalue weighted by Crippen LogP contribution is 2.34. The van der Waals surface area contributed by atoms with Gasteiger partial charge in [0.25, 0.3) is 0 Å². The summed E-state index contributed by atoms with van der Waals surface area (Å²) in [6.45, 7) is 4.42. The Morgan fingerprint density at radius 2 is 1.62 bits per heavy atom. The first-order chi connectivity index (χ1) is 11.7. The number of rotatable bonds is 7. The molecule has 4 nitrogen and oxygen atoms in total. The second-order valence-corrected chi connectivity index (χ2v) is 5.37. The Bertz CT molecular complexity index is 656. The Kier molecular flexibility index (Phi) is 9.22. The highest BCUT2D eigenvalue weighted by atomic mass is 127. The molecule has 0 aliphatic rings. The minimum Gasteiger partial charge on any atom is -0.496 e. The van der Waals surface area contributed by atoms with Crippen LogP contribution in [0.1, 0.15) is 35.3 Å². The Morgan fingerprint density at radius 1 is 0.958 bits per heavy atom. The minimum atomic E-state index is 0.421. The third kappa shape index (κ3) is 5.40. The maximum Gasteiger partial charge on any atom is 0.165 e. The number of hydrogen-bond acceptors (Lipinski definition) is 4. The van der Waals surface area contributed by atoms with Crippen LogP contribution >= 0.6 is 22.6 Å². The van der Waals surface area contributed by atoms with E-state index in [0.717, 1.165) is 16.3 Å². The van der Waals surface area contributed by atoms with Crippen molar-refractivity contribution in [3.05, 3.63) is 53.1 Å². The summed E-state index contributed by atoms with van der Waals surface area (Å²) in [6.07, 6.45) is 0.731. The number of carbonyl (C=O) groups is 1. The van der Waals surface area contributed by atoms with Crippen LogP contribution in [0.25, 0.3) is 0 Å². The van der Waals surface area contributed by atoms with Gasteiger partial charge in [0.1, 0.15) is 12.4 Å². The first-order valence-corrected chi connectivity index (χ1v) is 9.22. The van der Waals surface area contributed by atoms with Gasteiger partial charge in [-0.2, -0.15) is 0 Å². The van der Waals surface area contributed by atoms with E-state index >= 15 is 0 Å². The Morgan fingerprint density at radius 3 is 2.21 bits per heavy atom. The molecular weight excluding hydrogens is 419 g/mol. The molecule has 24 heavy (non-hydrogen) atoms. The van der Waals surface area contributed by atoms with Crippen molar-refractivity contribution in [2.75, 3.05) is 14.2 Å². The lowest BCUT2D eigenvalue weighted by Crippen LogP contribution is -2.00. The van der Waals surface area contributed by atoms with Crippen molar-refractivity contribution in [1.29, 1.82) is 0 Å². The molecule has 0 aliphatic carbocycles. The standard InChI is InChI=1S/C17H17IO4.C2H6/c1-20-15-8-17(16(21-2)7-14(15)10-19)22-11-13-5-3-4-12(6-13)9-18;1-2/h3-8,10H,9,11H2,1-2H3;1-2H3. The molecule has 0 fully saturated rings. The van der Waals surface area contributed by atoms with E-state index in [2.05, 4.69) is 34.7 Å². The molecule has 130 valence electrons. The predicted octanol–water partition coefficient (Wildman–Crippen LogP) is 5.06. The Labute approximate surface area is 157 Å². The van der Waals surface area contributed by atoms with Gasteiger partial charge >= 0.3 is 0 Å². The zero-order chi connectivity index (χ0) is 17.9. The van der Waals surface area contributed by atoms with Crippen molar-refractivity contribution in [3.8, 4) is 17.2 Å². The van der Waals surface area contributed by atoms with Crippen LogP contribution in [-0.2, 0) is 11.0 Å². The normalized spacial score (nSPS) is 9.54. The first kappa shape index (κ1) is 20.3. The van der Waals surface area contributed by atoms with Crippen molar-refractivity contribution in [1.82, 2.24) is 0 Å². The van der Waals surface area contributed by atoms with E-state index < -0.39 is 0 Å². The number of methoxy groups -OCH3 is 2. The van der Waals surface area contributed by atoms with Gasteiger partial charge in [0.2, 0.25) is 0 Å². The summed E-state index contributed by atoms with van der Waals surface area (Å²) >= 11 is 2.33. The van der Waals surface area contributed by atoms with Gasteiger partial charge < -0.3 is 14.2 Å². The molecule has 0 aromatic heterocycles. The lowest BCUT2D eigenvalue weighted by atomic mass is 10.1. The largest absolute Gasteiger partial charge is 0.496 e. The van der Waals surface area contributed by atoms with Crippen molar-refractivity contribution in [2.45, 2.75) is 24.9 Å². The van der Waals surface area contributed by atoms with Gasteiger partial charge in [-0.1, -0.05) is 60.7 Å². The Balaban J connectivity index is 0.00000139. The van der Waals surface area contributed by atoms with Crippen LogP contribution in [0.15, 0.2) is 36.4 Å². The summed E-state index contributed by atoms with van der Waals surface area (Å²) in [4.78, 5) is 11.0. The topological polar surface area (TPSA) is 44.8 Å². The number of ether oxygens (including phenoxy) is 3. The quantitative estimate of drug-likeness (QED) is 0.342. The number of aldehydes is 1. The summed E-state index contributed by atoms with van der Waals surface area (Å²) in [6, 6.07) is 11.5. The molecule has 0 spiro atoms. The Hall–Kier alpha value is -1.76. The number of alkyl halides is 1. The summed E-state index contributed by atoms with van der Waals surface area (Å²) < 4.78 is 17.3. The van der Waals surface area contributed by atoms with Crippen LogP contribution in [0.2, 0.25) is 0 Å². The van der Waals surface area contributed by atoms with E-state index in [-0.39, 0.29) is 0 Å². The number of hydrogen-bond donors (Lipinski definition) is 0. The van der Waals surface area contributed by atoms with Crippen molar-refractivity contribution in [3.63, 3.8) is 0 Å². The molecule has 0 bridgehead atoms. The molecule has 0 saturated carbocycles. The van der Waals surface area contributed by atoms with Crippen molar-refractivity contribution in [2.24, 2.45) is 0 Å². The maximum absolute atomic E-state index is 11.0. The molecule has 0 unspecified atom stereocenters. The van der Waals surface area contributed by atoms with Gasteiger partial charge in [0.05, 0.1) is 19.8 Å². The van der Waals surface area contributed by atoms with Gasteiger partial charge in [-0.15, -0.1) is 0 Å². The highest BCUT2D eigenvalue weighted by Gasteiger charge is 2.12. The molecule has 0 atom stereocenters. The second kappa shape index (κ2) is 10.9. The van der Waals surface area contributed by atoms with Crippen LogP contribution < -0.4 is 14.2 Å². The number of benzene rings is 2. The van der Waals surface area contributed by atoms with Gasteiger partial charge in [0, 0.05) is 10.5 Å². The van der Waals surface area contributed by atoms with Gasteiger partial charge in [-0.05, 0) is 17.2 Å². The van der Waals surface area contributed by atoms with Crippen molar-refractivity contribution >= 4 is 28.9 Å². The average molecular weight is 442 g/mol. The molecule has 5 heteroatoms. The summed E-state index contributed by atoms with van der Waals surface area (Å²) in [5.74, 6) is 1.52. The van der Waals surface area contributed by atoms with E-state index in [1.165, 1.54) is 12.7 Å². The van der Waals surface area contributed by atoms with Crippen LogP contribution in [-0.4, -0.2) is 20.5 Å². The molecule has 2 rings (SSSR count). The van der Waals surface area contributed by atoms with Crippen LogP contribution in [0, 0.1) is 0 Å². The molecule has 0 aliphatic heterocycles. The van der Waals surface area contributed by atoms with E-state index in [4.69, 9.17) is 14.2 Å². The zero-order valence-corrected chi connectivity index (χ0v) is 16.6. The lowest BCUT2D eigenvalue weighted by Gasteiger charge is -2.14. The van der Waals surface area contributed by atoms with Gasteiger partial charge in [0.15, 0.2) is 17.8 Å². The zero-order valence-electron chi connectivity index (χ0n) is 14.5. The fourth-order valence-corrected chi connectivity index (χ4v) is 2.54. The summed E-state index contributed by atoms with van der Waals surface area (Å²) in [5.41, 5.74) is 2.76. The molecule has 2 aromatic rings. The van der Waals surface area contributed by atoms with Crippen LogP contribution in [0.5, 0.6) is 17.2 Å². The smallest absolute Gasteiger partial charge is 0.165 e. The molecule has 0 radical (unpaired) electrons. The van der Waals surface area contributed by atoms with E-state index in [9.17, 15) is 4.79 Å². The predicted molar refractivity (Wildman–Crippen MR) is 105 cm³/mol. The molecule has 0 N–H and O–H groups in total. The third-order valence-corrected chi connectivity index (χ3v) is 4.06. The number of halogens is 1. The van der Waals surface area contributed by atoms with Crippen LogP contribution in [0.3, 0.4) is 0 Å². The average Bonchev–Trinajstić information content (AvgIpc) is 2.67. The monoisotopic (exact) mass is 442 g/mol. The van der Waals surface area contributed by atoms with E-state index in [0.29, 0.717) is 29.4 Å². The van der Waals surface area contributed by atoms with Crippen molar-refractivity contribution < 1.29 is 19.0 Å². The molecule has 0 saturated heterocycles. The van der Waals surface area contributed by atoms with E-state index in [1.54, 1.807) is 19.2 Å². The fraction of sp³-hybridized carbons (Fsp3) is 0.316. The third-order valence-electron chi connectivity index (χ3n) is 3.18. The van der Waals surface area contributed by atoms with E-state index in [1.807, 2.05) is 26.0 Å². The molecule has 0 amide bonds. The fourth-order valence-electron chi connectivity index (χ4n) is 2.06. The SMILES string of the molecule is CC.COc1cc(OCc2cccc(CI)c2)c(OC)cc1C=O. The van der Waals surface area contributed by atoms with Gasteiger partial charge in [-0.25, -0.2) is 0 Å². The summed E-state index contributed by atoms with van der Waals surface area (Å²) in [7, 11) is 3.06. The second-order valence-electron chi connectivity index (χ2n) is 4.61. The van der Waals surface area contributed by atoms with Gasteiger partial charge in [-0.3, -0.25) is 4.79 Å². The lowest BCUT2D eigenvalue weighted by molar-refractivity contribution is 0.112.